The fraction of sp³-hybridized carbons (Fsp3) is 0.0500. The molecule has 2 aromatic carbocycles. The van der Waals surface area contributed by atoms with Gasteiger partial charge in [-0.25, -0.2) is 0 Å². The number of anilines is 1. The molecule has 1 amide bonds. The van der Waals surface area contributed by atoms with Crippen molar-refractivity contribution in [3.05, 3.63) is 79.0 Å². The minimum Gasteiger partial charge on any atom is -0.462 e. The first kappa shape index (κ1) is 19.2. The normalized spacial score (nSPS) is 15.8. The molecule has 1 aliphatic heterocycles. The zero-order valence-corrected chi connectivity index (χ0v) is 17.5. The van der Waals surface area contributed by atoms with Crippen LogP contribution in [-0.2, 0) is 4.79 Å². The van der Waals surface area contributed by atoms with Gasteiger partial charge in [-0.15, -0.1) is 0 Å². The van der Waals surface area contributed by atoms with Crippen molar-refractivity contribution < 1.29 is 9.21 Å². The lowest BCUT2D eigenvalue weighted by Crippen LogP contribution is -2.27. The topological polar surface area (TPSA) is 50.5 Å². The summed E-state index contributed by atoms with van der Waals surface area (Å²) in [6, 6.07) is 10.5. The highest BCUT2D eigenvalue weighted by Gasteiger charge is 2.33. The van der Waals surface area contributed by atoms with Crippen LogP contribution in [0.2, 0.25) is 10.0 Å². The molecule has 3 aromatic rings. The number of fused-ring (bicyclic) bond motifs is 1. The average molecular weight is 448 g/mol. The summed E-state index contributed by atoms with van der Waals surface area (Å²) in [7, 11) is 0. The molecule has 4 rings (SSSR count). The monoisotopic (exact) mass is 447 g/mol. The first-order valence-electron chi connectivity index (χ1n) is 8.10. The molecule has 0 radical (unpaired) electrons. The van der Waals surface area contributed by atoms with Gasteiger partial charge in [0.15, 0.2) is 15.3 Å². The van der Waals surface area contributed by atoms with Crippen molar-refractivity contribution in [3.63, 3.8) is 0 Å². The lowest BCUT2D eigenvalue weighted by Gasteiger charge is -2.14. The van der Waals surface area contributed by atoms with E-state index in [1.54, 1.807) is 0 Å². The predicted molar refractivity (Wildman–Crippen MR) is 119 cm³/mol. The number of halogens is 2. The number of hydrogen-bond acceptors (Lipinski definition) is 5. The first-order valence-corrected chi connectivity index (χ1v) is 10.1. The zero-order chi connectivity index (χ0) is 20.0. The van der Waals surface area contributed by atoms with Crippen molar-refractivity contribution in [1.29, 1.82) is 0 Å². The number of nitrogens with zero attached hydrogens (tertiary/aromatic N) is 1. The Hall–Kier alpha value is -2.12. The van der Waals surface area contributed by atoms with Crippen LogP contribution in [-0.4, -0.2) is 10.2 Å². The Morgan fingerprint density at radius 1 is 1.18 bits per heavy atom. The van der Waals surface area contributed by atoms with Crippen LogP contribution in [0.15, 0.2) is 56.8 Å². The molecule has 0 saturated carbocycles. The third kappa shape index (κ3) is 3.37. The largest absolute Gasteiger partial charge is 0.462 e. The Morgan fingerprint density at radius 2 is 1.96 bits per heavy atom. The Labute approximate surface area is 179 Å². The van der Waals surface area contributed by atoms with Crippen LogP contribution in [0, 0.1) is 6.92 Å². The van der Waals surface area contributed by atoms with Crippen LogP contribution in [0.3, 0.4) is 0 Å². The fourth-order valence-corrected chi connectivity index (χ4v) is 4.71. The summed E-state index contributed by atoms with van der Waals surface area (Å²) in [5.41, 5.74) is 1.84. The van der Waals surface area contributed by atoms with E-state index in [1.807, 2.05) is 31.2 Å². The van der Waals surface area contributed by atoms with Crippen LogP contribution < -0.4 is 10.3 Å². The predicted octanol–water partition coefficient (Wildman–Crippen LogP) is 5.81. The van der Waals surface area contributed by atoms with Gasteiger partial charge in [0.25, 0.3) is 5.91 Å². The maximum atomic E-state index is 12.9. The van der Waals surface area contributed by atoms with Crippen molar-refractivity contribution in [3.8, 4) is 0 Å². The summed E-state index contributed by atoms with van der Waals surface area (Å²) in [6.45, 7) is 1.94. The van der Waals surface area contributed by atoms with E-state index in [1.165, 1.54) is 29.4 Å². The van der Waals surface area contributed by atoms with Crippen molar-refractivity contribution in [2.45, 2.75) is 6.92 Å². The van der Waals surface area contributed by atoms with Gasteiger partial charge in [-0.05, 0) is 42.8 Å². The van der Waals surface area contributed by atoms with Crippen LogP contribution in [0.5, 0.6) is 0 Å². The second kappa shape index (κ2) is 7.37. The summed E-state index contributed by atoms with van der Waals surface area (Å²) in [4.78, 5) is 27.5. The van der Waals surface area contributed by atoms with Crippen molar-refractivity contribution >= 4 is 80.1 Å². The van der Waals surface area contributed by atoms with Gasteiger partial charge in [-0.2, -0.15) is 0 Å². The third-order valence-electron chi connectivity index (χ3n) is 4.16. The number of carbonyl (C=O) groups is 1. The molecule has 0 bridgehead atoms. The van der Waals surface area contributed by atoms with Gasteiger partial charge >= 0.3 is 0 Å². The molecule has 0 N–H and O–H groups in total. The van der Waals surface area contributed by atoms with Gasteiger partial charge in [0.05, 0.1) is 26.6 Å². The molecular weight excluding hydrogens is 437 g/mol. The third-order valence-corrected chi connectivity index (χ3v) is 5.96. The van der Waals surface area contributed by atoms with E-state index >= 15 is 0 Å². The lowest BCUT2D eigenvalue weighted by molar-refractivity contribution is -0.113. The van der Waals surface area contributed by atoms with E-state index in [2.05, 4.69) is 0 Å². The summed E-state index contributed by atoms with van der Waals surface area (Å²) >= 11 is 18.6. The highest BCUT2D eigenvalue weighted by atomic mass is 35.5. The summed E-state index contributed by atoms with van der Waals surface area (Å²) < 4.78 is 5.91. The minimum atomic E-state index is -0.327. The van der Waals surface area contributed by atoms with Crippen molar-refractivity contribution in [1.82, 2.24) is 0 Å². The highest BCUT2D eigenvalue weighted by Crippen LogP contribution is 2.36. The summed E-state index contributed by atoms with van der Waals surface area (Å²) in [5.74, 6) is -0.288. The molecule has 0 atom stereocenters. The molecule has 4 nitrogen and oxygen atoms in total. The average Bonchev–Trinajstić information content (AvgIpc) is 2.91. The molecule has 2 heterocycles. The van der Waals surface area contributed by atoms with Gasteiger partial charge in [0, 0.05) is 5.02 Å². The molecule has 0 spiro atoms. The SMILES string of the molecule is Cc1cccc(N2C(=O)/C(=C\c3coc4c(Cl)cc(Cl)cc4c3=O)SC2=S)c1. The highest BCUT2D eigenvalue weighted by molar-refractivity contribution is 8.27. The minimum absolute atomic E-state index is 0.218. The van der Waals surface area contributed by atoms with Gasteiger partial charge < -0.3 is 4.42 Å². The molecule has 0 aliphatic carbocycles. The molecule has 1 aromatic heterocycles. The molecule has 0 unspecified atom stereocenters. The molecule has 1 fully saturated rings. The number of thiocarbonyl (C=S) groups is 1. The molecular formula is C20H11Cl2NO3S2. The lowest BCUT2D eigenvalue weighted by atomic mass is 10.1. The number of rotatable bonds is 2. The second-order valence-electron chi connectivity index (χ2n) is 6.14. The van der Waals surface area contributed by atoms with Crippen molar-refractivity contribution in [2.75, 3.05) is 4.90 Å². The van der Waals surface area contributed by atoms with E-state index in [0.717, 1.165) is 17.3 Å². The van der Waals surface area contributed by atoms with Gasteiger partial charge in [0.2, 0.25) is 0 Å². The molecule has 28 heavy (non-hydrogen) atoms. The number of amides is 1. The van der Waals surface area contributed by atoms with Gasteiger partial charge in [-0.3, -0.25) is 14.5 Å². The quantitative estimate of drug-likeness (QED) is 0.366. The van der Waals surface area contributed by atoms with E-state index < -0.39 is 0 Å². The zero-order valence-electron chi connectivity index (χ0n) is 14.4. The van der Waals surface area contributed by atoms with Gasteiger partial charge in [0.1, 0.15) is 6.26 Å². The smallest absolute Gasteiger partial charge is 0.270 e. The Balaban J connectivity index is 1.78. The first-order chi connectivity index (χ1) is 13.3. The van der Waals surface area contributed by atoms with Gasteiger partial charge in [-0.1, -0.05) is 59.3 Å². The summed E-state index contributed by atoms with van der Waals surface area (Å²) in [6.07, 6.45) is 2.76. The number of aryl methyl sites for hydroxylation is 1. The number of thioether (sulfide) groups is 1. The van der Waals surface area contributed by atoms with E-state index in [9.17, 15) is 9.59 Å². The standard InChI is InChI=1S/C20H11Cl2NO3S2/c1-10-3-2-4-13(5-10)23-19(25)16(28-20(23)27)6-11-9-26-18-14(17(11)24)7-12(21)8-15(18)22/h2-9H,1H3/b16-6+. The van der Waals surface area contributed by atoms with Crippen molar-refractivity contribution in [2.24, 2.45) is 0 Å². The van der Waals surface area contributed by atoms with Crippen LogP contribution in [0.4, 0.5) is 5.69 Å². The molecule has 1 aliphatic rings. The Kier molecular flexibility index (Phi) is 5.05. The Morgan fingerprint density at radius 3 is 2.71 bits per heavy atom. The Bertz CT molecular complexity index is 1250. The molecule has 8 heteroatoms. The van der Waals surface area contributed by atoms with Crippen LogP contribution in [0.1, 0.15) is 11.1 Å². The van der Waals surface area contributed by atoms with E-state index in [4.69, 9.17) is 39.8 Å². The number of hydrogen-bond donors (Lipinski definition) is 0. The van der Waals surface area contributed by atoms with Crippen LogP contribution >= 0.6 is 47.2 Å². The second-order valence-corrected chi connectivity index (χ2v) is 8.66. The molecule has 1 saturated heterocycles. The molecule has 140 valence electrons. The van der Waals surface area contributed by atoms with E-state index in [-0.39, 0.29) is 32.9 Å². The maximum Gasteiger partial charge on any atom is 0.270 e. The van der Waals surface area contributed by atoms with Crippen LogP contribution in [0.25, 0.3) is 17.0 Å². The van der Waals surface area contributed by atoms with E-state index in [0.29, 0.717) is 19.9 Å². The number of benzene rings is 2. The number of carbonyl (C=O) groups excluding carboxylic acids is 1. The maximum absolute atomic E-state index is 12.9. The fourth-order valence-electron chi connectivity index (χ4n) is 2.88. The summed E-state index contributed by atoms with van der Waals surface area (Å²) in [5, 5.41) is 0.824.